The minimum atomic E-state index is -2.19. The Morgan fingerprint density at radius 1 is 0.368 bits per heavy atom. The molecule has 104 valence electrons. The van der Waals surface area contributed by atoms with Crippen LogP contribution in [0.3, 0.4) is 0 Å². The van der Waals surface area contributed by atoms with Crippen LogP contribution in [0.15, 0.2) is 0 Å². The summed E-state index contributed by atoms with van der Waals surface area (Å²) in [5, 5.41) is 53.6. The fraction of sp³-hybridized carbons (Fsp3) is 0. The molecular weight excluding hydrogens is 320 g/mol. The first-order valence-electron chi connectivity index (χ1n) is 3.20. The normalized spacial score (nSPS) is 6.95. The van der Waals surface area contributed by atoms with Gasteiger partial charge in [0.2, 0.25) is 0 Å². The van der Waals surface area contributed by atoms with Crippen LogP contribution in [-0.2, 0) is 45.8 Å². The third-order valence-corrected chi connectivity index (χ3v) is 0.500. The van der Waals surface area contributed by atoms with Gasteiger partial charge in [0.15, 0.2) is 0 Å². The van der Waals surface area contributed by atoms with Crippen molar-refractivity contribution in [3.05, 3.63) is 0 Å². The Morgan fingerprint density at radius 3 is 0.421 bits per heavy atom. The summed E-state index contributed by atoms with van der Waals surface area (Å²) in [5.74, 6) is -13.1. The molecule has 0 aromatic heterocycles. The van der Waals surface area contributed by atoms with Crippen LogP contribution in [0.5, 0.6) is 0 Å². The van der Waals surface area contributed by atoms with Crippen LogP contribution >= 0.6 is 0 Å². The molecule has 0 amide bonds. The average Bonchev–Trinajstić information content (AvgIpc) is 2.18. The zero-order valence-electron chi connectivity index (χ0n) is 8.25. The molecular formula is C6FeO12. The van der Waals surface area contributed by atoms with E-state index in [1.54, 1.807) is 0 Å². The van der Waals surface area contributed by atoms with Gasteiger partial charge in [0.05, 0.1) is 35.8 Å². The molecule has 12 nitrogen and oxygen atoms in total. The summed E-state index contributed by atoms with van der Waals surface area (Å²) >= 11 is 0. The molecule has 0 spiro atoms. The van der Waals surface area contributed by atoms with Crippen LogP contribution in [0, 0.1) is 0 Å². The molecule has 19 heavy (non-hydrogen) atoms. The monoisotopic (exact) mass is 320 g/mol. The van der Waals surface area contributed by atoms with Crippen molar-refractivity contribution in [3.8, 4) is 0 Å². The van der Waals surface area contributed by atoms with Crippen LogP contribution in [0.25, 0.3) is 0 Å². The molecule has 0 fully saturated rings. The molecule has 0 saturated heterocycles. The maximum absolute atomic E-state index is 8.93. The number of carboxylic acids is 6. The summed E-state index contributed by atoms with van der Waals surface area (Å²) in [4.78, 5) is 53.6. The van der Waals surface area contributed by atoms with Gasteiger partial charge in [-0.1, -0.05) is 0 Å². The second-order valence-corrected chi connectivity index (χ2v) is 1.72. The number of rotatable bonds is 0. The summed E-state index contributed by atoms with van der Waals surface area (Å²) in [7, 11) is 0. The fourth-order valence-electron chi connectivity index (χ4n) is 0. The van der Waals surface area contributed by atoms with E-state index in [-0.39, 0.29) is 17.1 Å². The van der Waals surface area contributed by atoms with E-state index >= 15 is 0 Å². The van der Waals surface area contributed by atoms with Gasteiger partial charge < -0.3 is 59.4 Å². The zero-order chi connectivity index (χ0) is 15.5. The van der Waals surface area contributed by atoms with E-state index in [2.05, 4.69) is 0 Å². The molecule has 0 N–H and O–H groups in total. The van der Waals surface area contributed by atoms with E-state index in [1.165, 1.54) is 0 Å². The van der Waals surface area contributed by atoms with Crippen LogP contribution in [0.1, 0.15) is 0 Å². The van der Waals surface area contributed by atoms with E-state index in [0.29, 0.717) is 0 Å². The Labute approximate surface area is 113 Å². The second kappa shape index (κ2) is 13.4. The minimum Gasteiger partial charge on any atom is -0.543 e. The predicted octanol–water partition coefficient (Wildman–Crippen LogP) is -10.5. The van der Waals surface area contributed by atoms with Crippen LogP contribution < -0.4 is 30.6 Å². The summed E-state index contributed by atoms with van der Waals surface area (Å²) < 4.78 is 0. The molecule has 0 atom stereocenters. The van der Waals surface area contributed by atoms with E-state index < -0.39 is 35.8 Å². The topological polar surface area (TPSA) is 241 Å². The molecule has 0 bridgehead atoms. The van der Waals surface area contributed by atoms with Gasteiger partial charge in [0.1, 0.15) is 0 Å². The second-order valence-electron chi connectivity index (χ2n) is 1.72. The molecule has 0 aromatic rings. The molecule has 0 heterocycles. The Kier molecular flexibility index (Phi) is 17.8. The van der Waals surface area contributed by atoms with Crippen LogP contribution in [0.4, 0.5) is 0 Å². The van der Waals surface area contributed by atoms with E-state index in [4.69, 9.17) is 59.4 Å². The van der Waals surface area contributed by atoms with Gasteiger partial charge in [-0.05, 0) is 0 Å². The van der Waals surface area contributed by atoms with Crippen molar-refractivity contribution in [1.82, 2.24) is 0 Å². The van der Waals surface area contributed by atoms with Gasteiger partial charge in [-0.25, -0.2) is 0 Å². The minimum absolute atomic E-state index is 0. The van der Waals surface area contributed by atoms with Crippen molar-refractivity contribution in [2.75, 3.05) is 0 Å². The Morgan fingerprint density at radius 2 is 0.421 bits per heavy atom. The predicted molar refractivity (Wildman–Crippen MR) is 30.0 cm³/mol. The Bertz CT molecular complexity index is 277. The van der Waals surface area contributed by atoms with E-state index in [1.807, 2.05) is 0 Å². The average molecular weight is 320 g/mol. The van der Waals surface area contributed by atoms with Crippen molar-refractivity contribution in [3.63, 3.8) is 0 Å². The van der Waals surface area contributed by atoms with E-state index in [9.17, 15) is 0 Å². The smallest absolute Gasteiger partial charge is 0.543 e. The van der Waals surface area contributed by atoms with Crippen molar-refractivity contribution >= 4 is 35.8 Å². The van der Waals surface area contributed by atoms with Crippen molar-refractivity contribution in [2.45, 2.75) is 0 Å². The maximum atomic E-state index is 8.93. The summed E-state index contributed by atoms with van der Waals surface area (Å²) in [5.41, 5.74) is 0. The Balaban J connectivity index is -0.0000000865. The SMILES string of the molecule is O=C([O-])C(=O)[O-].O=C([O-])C(=O)[O-].O=C([O-])C(=O)[O-].[Fe+6]. The van der Waals surface area contributed by atoms with Gasteiger partial charge in [-0.3, -0.25) is 0 Å². The largest absolute Gasteiger partial charge is 6.00 e. The molecule has 0 rings (SSSR count). The number of hydrogen-bond acceptors (Lipinski definition) is 12. The first-order valence-corrected chi connectivity index (χ1v) is 3.20. The van der Waals surface area contributed by atoms with Gasteiger partial charge in [-0.2, -0.15) is 0 Å². The van der Waals surface area contributed by atoms with Crippen molar-refractivity contribution in [2.24, 2.45) is 0 Å². The van der Waals surface area contributed by atoms with E-state index in [0.717, 1.165) is 0 Å². The first-order chi connectivity index (χ1) is 7.93. The summed E-state index contributed by atoms with van der Waals surface area (Å²) in [6.07, 6.45) is 0. The van der Waals surface area contributed by atoms with Crippen molar-refractivity contribution < 1.29 is 76.5 Å². The third-order valence-electron chi connectivity index (χ3n) is 0.500. The molecule has 0 saturated carbocycles. The molecule has 0 radical (unpaired) electrons. The number of carbonyl (C=O) groups is 6. The molecule has 0 aliphatic rings. The van der Waals surface area contributed by atoms with Crippen LogP contribution in [0.2, 0.25) is 0 Å². The third kappa shape index (κ3) is 31.3. The number of carboxylic acid groups (broad SMARTS) is 6. The van der Waals surface area contributed by atoms with Gasteiger partial charge in [-0.15, -0.1) is 0 Å². The molecule has 0 aliphatic carbocycles. The number of aliphatic carboxylic acids is 6. The quantitative estimate of drug-likeness (QED) is 0.298. The molecule has 0 unspecified atom stereocenters. The summed E-state index contributed by atoms with van der Waals surface area (Å²) in [6.45, 7) is 0. The molecule has 13 heteroatoms. The maximum Gasteiger partial charge on any atom is 6.00 e. The fourth-order valence-corrected chi connectivity index (χ4v) is 0. The number of hydrogen-bond donors (Lipinski definition) is 0. The first kappa shape index (κ1) is 25.3. The standard InChI is InChI=1S/3C2H2O4.Fe/c3*3-1(4)2(5)6;/h3*(H,3,4)(H,5,6);/q;;;+6/p-6. The van der Waals surface area contributed by atoms with Gasteiger partial charge in [0.25, 0.3) is 0 Å². The molecule has 0 aromatic carbocycles. The summed E-state index contributed by atoms with van der Waals surface area (Å²) in [6, 6.07) is 0. The van der Waals surface area contributed by atoms with Crippen LogP contribution in [-0.4, -0.2) is 35.8 Å². The molecule has 0 aliphatic heterocycles. The van der Waals surface area contributed by atoms with Crippen molar-refractivity contribution in [1.29, 1.82) is 0 Å². The number of carbonyl (C=O) groups excluding carboxylic acids is 6. The van der Waals surface area contributed by atoms with Gasteiger partial charge in [0, 0.05) is 0 Å². The van der Waals surface area contributed by atoms with Gasteiger partial charge >= 0.3 is 17.1 Å². The Hall–Kier alpha value is -2.66. The zero-order valence-corrected chi connectivity index (χ0v) is 9.36.